The monoisotopic (exact) mass is 319 g/mol. The highest BCUT2D eigenvalue weighted by Gasteiger charge is 2.22. The lowest BCUT2D eigenvalue weighted by Gasteiger charge is -2.14. The third kappa shape index (κ3) is 2.57. The molecule has 0 unspecified atom stereocenters. The molecule has 5 nitrogen and oxygen atoms in total. The maximum absolute atomic E-state index is 11.7. The number of halogens is 1. The Morgan fingerprint density at radius 2 is 2.05 bits per heavy atom. The number of aromatic amines is 1. The fraction of sp³-hybridized carbons (Fsp3) is 0.375. The molecule has 0 spiro atoms. The maximum Gasteiger partial charge on any atom is 0.267 e. The number of rotatable bonds is 3. The molecule has 116 valence electrons. The van der Waals surface area contributed by atoms with Gasteiger partial charge in [0.15, 0.2) is 5.75 Å². The molecule has 3 N–H and O–H groups in total. The van der Waals surface area contributed by atoms with Crippen LogP contribution in [0.5, 0.6) is 11.6 Å². The van der Waals surface area contributed by atoms with Crippen molar-refractivity contribution in [3.05, 3.63) is 44.2 Å². The fourth-order valence-electron chi connectivity index (χ4n) is 2.84. The van der Waals surface area contributed by atoms with E-state index in [0.29, 0.717) is 27.9 Å². The van der Waals surface area contributed by atoms with Crippen molar-refractivity contribution in [1.82, 2.24) is 10.2 Å². The van der Waals surface area contributed by atoms with Gasteiger partial charge in [0.2, 0.25) is 5.88 Å². The zero-order valence-corrected chi connectivity index (χ0v) is 13.3. The summed E-state index contributed by atoms with van der Waals surface area (Å²) in [6.45, 7) is 3.89. The lowest BCUT2D eigenvalue weighted by Crippen LogP contribution is -2.15. The summed E-state index contributed by atoms with van der Waals surface area (Å²) in [5, 5.41) is 6.90. The highest BCUT2D eigenvalue weighted by Crippen LogP contribution is 2.41. The van der Waals surface area contributed by atoms with E-state index in [1.54, 1.807) is 12.1 Å². The van der Waals surface area contributed by atoms with Crippen molar-refractivity contribution in [3.8, 4) is 11.6 Å². The number of H-pyrrole nitrogens is 1. The van der Waals surface area contributed by atoms with Crippen LogP contribution < -0.4 is 16.0 Å². The van der Waals surface area contributed by atoms with Crippen molar-refractivity contribution in [2.24, 2.45) is 0 Å². The van der Waals surface area contributed by atoms with Crippen LogP contribution in [0.4, 0.5) is 5.69 Å². The lowest BCUT2D eigenvalue weighted by atomic mass is 10.1. The number of fused-ring (bicyclic) bond motifs is 1. The molecule has 3 rings (SSSR count). The molecule has 0 atom stereocenters. The van der Waals surface area contributed by atoms with E-state index in [2.05, 4.69) is 10.2 Å². The van der Waals surface area contributed by atoms with Crippen molar-refractivity contribution >= 4 is 17.3 Å². The summed E-state index contributed by atoms with van der Waals surface area (Å²) in [4.78, 5) is 11.7. The van der Waals surface area contributed by atoms with Gasteiger partial charge in [-0.1, -0.05) is 25.4 Å². The molecule has 1 aromatic carbocycles. The summed E-state index contributed by atoms with van der Waals surface area (Å²) in [7, 11) is 0. The number of hydrogen-bond donors (Lipinski definition) is 2. The van der Waals surface area contributed by atoms with E-state index in [1.165, 1.54) is 0 Å². The molecule has 0 amide bonds. The van der Waals surface area contributed by atoms with Gasteiger partial charge in [-0.25, -0.2) is 5.10 Å². The number of ether oxygens (including phenoxy) is 1. The molecule has 0 radical (unpaired) electrons. The van der Waals surface area contributed by atoms with Crippen LogP contribution in [0.25, 0.3) is 0 Å². The Kier molecular flexibility index (Phi) is 3.83. The van der Waals surface area contributed by atoms with Crippen molar-refractivity contribution in [1.29, 1.82) is 0 Å². The Bertz CT molecular complexity index is 784. The molecule has 1 aromatic heterocycles. The molecule has 0 saturated heterocycles. The number of hydrogen-bond acceptors (Lipinski definition) is 4. The third-order valence-corrected chi connectivity index (χ3v) is 4.26. The highest BCUT2D eigenvalue weighted by molar-refractivity contribution is 6.32. The van der Waals surface area contributed by atoms with Crippen LogP contribution >= 0.6 is 11.6 Å². The van der Waals surface area contributed by atoms with Gasteiger partial charge in [-0.2, -0.15) is 0 Å². The van der Waals surface area contributed by atoms with E-state index in [4.69, 9.17) is 22.1 Å². The van der Waals surface area contributed by atoms with Gasteiger partial charge in [-0.05, 0) is 36.8 Å². The average Bonchev–Trinajstić information content (AvgIpc) is 2.94. The topological polar surface area (TPSA) is 81.0 Å². The van der Waals surface area contributed by atoms with Gasteiger partial charge in [-0.15, -0.1) is 5.10 Å². The number of anilines is 1. The summed E-state index contributed by atoms with van der Waals surface area (Å²) in [6, 6.07) is 3.38. The Hall–Kier alpha value is -2.01. The van der Waals surface area contributed by atoms with Gasteiger partial charge in [0.25, 0.3) is 5.56 Å². The van der Waals surface area contributed by atoms with Crippen molar-refractivity contribution < 1.29 is 4.74 Å². The molecule has 0 saturated carbocycles. The van der Waals surface area contributed by atoms with Crippen molar-refractivity contribution in [3.63, 3.8) is 0 Å². The second-order valence-corrected chi connectivity index (χ2v) is 6.24. The summed E-state index contributed by atoms with van der Waals surface area (Å²) < 4.78 is 5.88. The number of nitrogens with two attached hydrogens (primary N) is 1. The zero-order valence-electron chi connectivity index (χ0n) is 12.6. The molecule has 0 fully saturated rings. The number of aromatic nitrogens is 2. The second kappa shape index (κ2) is 5.65. The largest absolute Gasteiger partial charge is 0.436 e. The van der Waals surface area contributed by atoms with Crippen molar-refractivity contribution in [2.45, 2.75) is 39.0 Å². The van der Waals surface area contributed by atoms with E-state index in [9.17, 15) is 4.79 Å². The zero-order chi connectivity index (χ0) is 15.9. The molecular weight excluding hydrogens is 302 g/mol. The average molecular weight is 320 g/mol. The summed E-state index contributed by atoms with van der Waals surface area (Å²) >= 11 is 6.29. The Labute approximate surface area is 133 Å². The standard InChI is InChI=1S/C16H18ClN3O2/c1-8(2)11-6-14(19-20-16(11)21)22-15-10-5-3-4-9(10)13(18)7-12(15)17/h6-8H,3-5,18H2,1-2H3,(H,20,21). The number of nitrogens with zero attached hydrogens (tertiary/aromatic N) is 1. The van der Waals surface area contributed by atoms with E-state index in [1.807, 2.05) is 13.8 Å². The molecule has 0 bridgehead atoms. The Balaban J connectivity index is 2.03. The number of nitrogens with one attached hydrogen (secondary N) is 1. The molecule has 1 heterocycles. The normalized spacial score (nSPS) is 13.5. The van der Waals surface area contributed by atoms with E-state index < -0.39 is 0 Å². The predicted molar refractivity (Wildman–Crippen MR) is 86.9 cm³/mol. The molecular formula is C16H18ClN3O2. The summed E-state index contributed by atoms with van der Waals surface area (Å²) in [5.41, 5.74) is 9.31. The molecule has 0 aliphatic heterocycles. The number of nitrogen functional groups attached to an aromatic ring is 1. The Morgan fingerprint density at radius 1 is 1.32 bits per heavy atom. The van der Waals surface area contributed by atoms with Crippen LogP contribution in [0.2, 0.25) is 5.02 Å². The molecule has 22 heavy (non-hydrogen) atoms. The van der Waals surface area contributed by atoms with Crippen LogP contribution in [0.15, 0.2) is 16.9 Å². The predicted octanol–water partition coefficient (Wildman–Crippen LogP) is 3.41. The minimum Gasteiger partial charge on any atom is -0.436 e. The minimum atomic E-state index is -0.198. The minimum absolute atomic E-state index is 0.0849. The van der Waals surface area contributed by atoms with E-state index in [-0.39, 0.29) is 11.5 Å². The van der Waals surface area contributed by atoms with Gasteiger partial charge in [0.05, 0.1) is 5.02 Å². The Morgan fingerprint density at radius 3 is 2.77 bits per heavy atom. The second-order valence-electron chi connectivity index (χ2n) is 5.83. The van der Waals surface area contributed by atoms with Crippen LogP contribution in [0.3, 0.4) is 0 Å². The van der Waals surface area contributed by atoms with Gasteiger partial charge in [-0.3, -0.25) is 4.79 Å². The van der Waals surface area contributed by atoms with Crippen LogP contribution in [-0.2, 0) is 12.8 Å². The van der Waals surface area contributed by atoms with Gasteiger partial charge < -0.3 is 10.5 Å². The van der Waals surface area contributed by atoms with Gasteiger partial charge >= 0.3 is 0 Å². The first-order valence-corrected chi connectivity index (χ1v) is 7.72. The van der Waals surface area contributed by atoms with Gasteiger partial charge in [0.1, 0.15) is 0 Å². The van der Waals surface area contributed by atoms with Crippen LogP contribution in [-0.4, -0.2) is 10.2 Å². The highest BCUT2D eigenvalue weighted by atomic mass is 35.5. The SMILES string of the molecule is CC(C)c1cc(Oc2c(Cl)cc(N)c3c2CCC3)n[nH]c1=O. The third-order valence-electron chi connectivity index (χ3n) is 3.98. The summed E-state index contributed by atoms with van der Waals surface area (Å²) in [5.74, 6) is 1.02. The quantitative estimate of drug-likeness (QED) is 0.849. The molecule has 1 aliphatic rings. The van der Waals surface area contributed by atoms with Crippen LogP contribution in [0, 0.1) is 0 Å². The van der Waals surface area contributed by atoms with E-state index in [0.717, 1.165) is 30.4 Å². The molecule has 2 aromatic rings. The first-order valence-electron chi connectivity index (χ1n) is 7.34. The van der Waals surface area contributed by atoms with Crippen molar-refractivity contribution in [2.75, 3.05) is 5.73 Å². The first kappa shape index (κ1) is 14.9. The smallest absolute Gasteiger partial charge is 0.267 e. The summed E-state index contributed by atoms with van der Waals surface area (Å²) in [6.07, 6.45) is 2.85. The van der Waals surface area contributed by atoms with Crippen LogP contribution in [0.1, 0.15) is 42.9 Å². The van der Waals surface area contributed by atoms with Gasteiger partial charge in [0, 0.05) is 22.9 Å². The number of benzene rings is 1. The maximum atomic E-state index is 11.7. The molecule has 6 heteroatoms. The lowest BCUT2D eigenvalue weighted by molar-refractivity contribution is 0.448. The molecule has 1 aliphatic carbocycles. The first-order chi connectivity index (χ1) is 10.5. The fourth-order valence-corrected chi connectivity index (χ4v) is 3.11. The van der Waals surface area contributed by atoms with E-state index >= 15 is 0 Å².